The third-order valence-electron chi connectivity index (χ3n) is 3.82. The van der Waals surface area contributed by atoms with Crippen molar-refractivity contribution in [3.63, 3.8) is 0 Å². The fourth-order valence-electron chi connectivity index (χ4n) is 2.66. The molecule has 1 aromatic rings. The van der Waals surface area contributed by atoms with Crippen LogP contribution in [0.2, 0.25) is 0 Å². The molecule has 0 bridgehead atoms. The van der Waals surface area contributed by atoms with Crippen molar-refractivity contribution in [1.82, 2.24) is 0 Å². The number of methoxy groups -OCH3 is 1. The second-order valence-electron chi connectivity index (χ2n) is 5.49. The van der Waals surface area contributed by atoms with E-state index in [1.54, 1.807) is 7.11 Å². The number of ether oxygens (including phenoxy) is 3. The van der Waals surface area contributed by atoms with Crippen molar-refractivity contribution < 1.29 is 19.3 Å². The molecule has 4 nitrogen and oxygen atoms in total. The van der Waals surface area contributed by atoms with Gasteiger partial charge in [0.2, 0.25) is 0 Å². The Balaban J connectivity index is 2.29. The molecule has 0 aromatic heterocycles. The zero-order valence-corrected chi connectivity index (χ0v) is 12.5. The summed E-state index contributed by atoms with van der Waals surface area (Å²) < 4.78 is 16.9. The molecule has 1 aromatic carbocycles. The van der Waals surface area contributed by atoms with Crippen LogP contribution in [0, 0.1) is 0 Å². The highest BCUT2D eigenvalue weighted by Crippen LogP contribution is 2.40. The minimum absolute atomic E-state index is 0.0662. The minimum Gasteiger partial charge on any atom is -0.491 e. The average Bonchev–Trinajstić information content (AvgIpc) is 2.47. The van der Waals surface area contributed by atoms with E-state index < -0.39 is 11.7 Å². The van der Waals surface area contributed by atoms with Gasteiger partial charge < -0.3 is 19.3 Å². The predicted molar refractivity (Wildman–Crippen MR) is 77.0 cm³/mol. The van der Waals surface area contributed by atoms with E-state index in [-0.39, 0.29) is 6.10 Å². The molecule has 1 saturated heterocycles. The molecule has 0 aliphatic carbocycles. The third kappa shape index (κ3) is 3.14. The number of rotatable bonds is 5. The minimum atomic E-state index is -0.716. The van der Waals surface area contributed by atoms with E-state index in [1.165, 1.54) is 0 Å². The first-order valence-corrected chi connectivity index (χ1v) is 7.15. The Morgan fingerprint density at radius 2 is 1.85 bits per heavy atom. The lowest BCUT2D eigenvalue weighted by Gasteiger charge is -2.40. The number of hydrogen-bond donors (Lipinski definition) is 1. The SMILES string of the molecule is COC1(C(O)c2ccccc2OC(C)C)CCOCC1. The summed E-state index contributed by atoms with van der Waals surface area (Å²) >= 11 is 0. The number of aliphatic hydroxyl groups is 1. The molecule has 0 spiro atoms. The first-order valence-electron chi connectivity index (χ1n) is 7.15. The molecule has 1 fully saturated rings. The molecule has 1 atom stereocenters. The summed E-state index contributed by atoms with van der Waals surface area (Å²) in [6.07, 6.45) is 0.712. The van der Waals surface area contributed by atoms with Gasteiger partial charge in [0.25, 0.3) is 0 Å². The topological polar surface area (TPSA) is 47.9 Å². The van der Waals surface area contributed by atoms with Gasteiger partial charge in [0.15, 0.2) is 0 Å². The lowest BCUT2D eigenvalue weighted by molar-refractivity contribution is -0.154. The molecule has 0 amide bonds. The van der Waals surface area contributed by atoms with Crippen molar-refractivity contribution in [3.05, 3.63) is 29.8 Å². The van der Waals surface area contributed by atoms with Crippen LogP contribution < -0.4 is 4.74 Å². The Labute approximate surface area is 120 Å². The Morgan fingerprint density at radius 3 is 2.45 bits per heavy atom. The van der Waals surface area contributed by atoms with Crippen molar-refractivity contribution in [3.8, 4) is 5.75 Å². The summed E-state index contributed by atoms with van der Waals surface area (Å²) in [5, 5.41) is 10.8. The van der Waals surface area contributed by atoms with Crippen LogP contribution in [0.5, 0.6) is 5.75 Å². The van der Waals surface area contributed by atoms with E-state index in [1.807, 2.05) is 38.1 Å². The maximum Gasteiger partial charge on any atom is 0.125 e. The first kappa shape index (κ1) is 15.3. The van der Waals surface area contributed by atoms with Crippen LogP contribution >= 0.6 is 0 Å². The van der Waals surface area contributed by atoms with Crippen molar-refractivity contribution in [1.29, 1.82) is 0 Å². The molecule has 4 heteroatoms. The number of para-hydroxylation sites is 1. The largest absolute Gasteiger partial charge is 0.491 e. The number of aliphatic hydroxyl groups excluding tert-OH is 1. The van der Waals surface area contributed by atoms with Crippen molar-refractivity contribution in [2.75, 3.05) is 20.3 Å². The highest BCUT2D eigenvalue weighted by atomic mass is 16.5. The fourth-order valence-corrected chi connectivity index (χ4v) is 2.66. The van der Waals surface area contributed by atoms with Gasteiger partial charge in [0, 0.05) is 38.7 Å². The summed E-state index contributed by atoms with van der Waals surface area (Å²) in [4.78, 5) is 0. The quantitative estimate of drug-likeness (QED) is 0.901. The molecular formula is C16H24O4. The standard InChI is InChI=1S/C16H24O4/c1-12(2)20-14-7-5-4-6-13(14)15(17)16(18-3)8-10-19-11-9-16/h4-7,12,15,17H,8-11H2,1-3H3. The van der Waals surface area contributed by atoms with Gasteiger partial charge >= 0.3 is 0 Å². The maximum absolute atomic E-state index is 10.8. The summed E-state index contributed by atoms with van der Waals surface area (Å²) in [5.74, 6) is 0.720. The Hall–Kier alpha value is -1.10. The monoisotopic (exact) mass is 280 g/mol. The van der Waals surface area contributed by atoms with Crippen LogP contribution in [0.4, 0.5) is 0 Å². The van der Waals surface area contributed by atoms with Crippen molar-refractivity contribution in [2.24, 2.45) is 0 Å². The van der Waals surface area contributed by atoms with E-state index >= 15 is 0 Å². The smallest absolute Gasteiger partial charge is 0.125 e. The Morgan fingerprint density at radius 1 is 1.20 bits per heavy atom. The molecule has 0 radical (unpaired) electrons. The molecule has 1 aliphatic heterocycles. The van der Waals surface area contributed by atoms with Gasteiger partial charge in [-0.25, -0.2) is 0 Å². The second kappa shape index (κ2) is 6.57. The van der Waals surface area contributed by atoms with Crippen molar-refractivity contribution >= 4 is 0 Å². The van der Waals surface area contributed by atoms with E-state index in [2.05, 4.69) is 0 Å². The third-order valence-corrected chi connectivity index (χ3v) is 3.82. The number of benzene rings is 1. The van der Waals surface area contributed by atoms with Crippen LogP contribution in [-0.4, -0.2) is 37.1 Å². The molecule has 20 heavy (non-hydrogen) atoms. The van der Waals surface area contributed by atoms with Gasteiger partial charge in [-0.2, -0.15) is 0 Å². The lowest BCUT2D eigenvalue weighted by atomic mass is 9.84. The van der Waals surface area contributed by atoms with E-state index in [0.29, 0.717) is 26.1 Å². The zero-order chi connectivity index (χ0) is 14.6. The molecule has 2 rings (SSSR count). The molecule has 112 valence electrons. The normalized spacial score (nSPS) is 19.9. The van der Waals surface area contributed by atoms with Crippen LogP contribution in [0.1, 0.15) is 38.4 Å². The molecule has 1 aliphatic rings. The fraction of sp³-hybridized carbons (Fsp3) is 0.625. The van der Waals surface area contributed by atoms with E-state index in [0.717, 1.165) is 11.3 Å². The van der Waals surface area contributed by atoms with Gasteiger partial charge in [-0.1, -0.05) is 18.2 Å². The Bertz CT molecular complexity index is 424. The molecule has 1 N–H and O–H groups in total. The molecule has 0 saturated carbocycles. The molecule has 1 heterocycles. The van der Waals surface area contributed by atoms with Gasteiger partial charge in [-0.05, 0) is 19.9 Å². The van der Waals surface area contributed by atoms with Gasteiger partial charge in [-0.15, -0.1) is 0 Å². The van der Waals surface area contributed by atoms with Crippen molar-refractivity contribution in [2.45, 2.75) is 44.5 Å². The van der Waals surface area contributed by atoms with E-state index in [4.69, 9.17) is 14.2 Å². The number of hydrogen-bond acceptors (Lipinski definition) is 4. The maximum atomic E-state index is 10.8. The summed E-state index contributed by atoms with van der Waals surface area (Å²) in [6, 6.07) is 7.62. The summed E-state index contributed by atoms with van der Waals surface area (Å²) in [7, 11) is 1.65. The van der Waals surface area contributed by atoms with Gasteiger partial charge in [-0.3, -0.25) is 0 Å². The summed E-state index contributed by atoms with van der Waals surface area (Å²) in [6.45, 7) is 5.17. The van der Waals surface area contributed by atoms with Crippen LogP contribution in [0.3, 0.4) is 0 Å². The van der Waals surface area contributed by atoms with Crippen LogP contribution in [0.15, 0.2) is 24.3 Å². The van der Waals surface area contributed by atoms with Crippen LogP contribution in [-0.2, 0) is 9.47 Å². The van der Waals surface area contributed by atoms with Gasteiger partial charge in [0.05, 0.1) is 6.10 Å². The van der Waals surface area contributed by atoms with Gasteiger partial charge in [0.1, 0.15) is 17.5 Å². The van der Waals surface area contributed by atoms with E-state index in [9.17, 15) is 5.11 Å². The molecule has 1 unspecified atom stereocenters. The highest BCUT2D eigenvalue weighted by Gasteiger charge is 2.41. The van der Waals surface area contributed by atoms with Crippen LogP contribution in [0.25, 0.3) is 0 Å². The highest BCUT2D eigenvalue weighted by molar-refractivity contribution is 5.37. The predicted octanol–water partition coefficient (Wildman–Crippen LogP) is 2.70. The zero-order valence-electron chi connectivity index (χ0n) is 12.5. The Kier molecular flexibility index (Phi) is 5.02. The second-order valence-corrected chi connectivity index (χ2v) is 5.49. The molecular weight excluding hydrogens is 256 g/mol. The lowest BCUT2D eigenvalue weighted by Crippen LogP contribution is -2.44. The first-order chi connectivity index (χ1) is 9.59. The average molecular weight is 280 g/mol. The summed E-state index contributed by atoms with van der Waals surface area (Å²) in [5.41, 5.74) is 0.194.